The summed E-state index contributed by atoms with van der Waals surface area (Å²) in [6.45, 7) is 14.5. The Kier molecular flexibility index (Phi) is 9.41. The van der Waals surface area contributed by atoms with Gasteiger partial charge in [0.1, 0.15) is 5.82 Å². The first-order valence-corrected chi connectivity index (χ1v) is 11.8. The maximum atomic E-state index is 13.0. The van der Waals surface area contributed by atoms with Crippen LogP contribution in [0, 0.1) is 12.8 Å². The molecule has 8 nitrogen and oxygen atoms in total. The molecule has 1 heterocycles. The van der Waals surface area contributed by atoms with Gasteiger partial charge in [-0.15, -0.1) is 0 Å². The van der Waals surface area contributed by atoms with Crippen molar-refractivity contribution < 1.29 is 19.1 Å². The number of ether oxygens (including phenoxy) is 1. The van der Waals surface area contributed by atoms with Crippen LogP contribution in [0.25, 0.3) is 5.69 Å². The lowest BCUT2D eigenvalue weighted by molar-refractivity contribution is -0.146. The van der Waals surface area contributed by atoms with Gasteiger partial charge in [-0.05, 0) is 31.4 Å². The monoisotopic (exact) mass is 470 g/mol. The Balaban J connectivity index is 2.23. The molecule has 0 atom stereocenters. The first-order valence-electron chi connectivity index (χ1n) is 11.8. The molecule has 0 aliphatic rings. The third-order valence-corrected chi connectivity index (χ3v) is 5.21. The molecule has 186 valence electrons. The van der Waals surface area contributed by atoms with Gasteiger partial charge in [0.2, 0.25) is 11.8 Å². The summed E-state index contributed by atoms with van der Waals surface area (Å²) in [5.74, 6) is -0.265. The fraction of sp³-hybridized carbons (Fsp3) is 0.538. The van der Waals surface area contributed by atoms with Crippen LogP contribution in [0.2, 0.25) is 0 Å². The van der Waals surface area contributed by atoms with Crippen molar-refractivity contribution in [2.45, 2.75) is 66.7 Å². The normalized spacial score (nSPS) is 11.4. The highest BCUT2D eigenvalue weighted by atomic mass is 16.5. The highest BCUT2D eigenvalue weighted by Gasteiger charge is 2.24. The second-order valence-electron chi connectivity index (χ2n) is 9.88. The van der Waals surface area contributed by atoms with Crippen LogP contribution in [-0.2, 0) is 24.5 Å². The molecule has 0 bridgehead atoms. The number of hydrogen-bond donors (Lipinski definition) is 1. The number of carbonyl (C=O) groups excluding carboxylic acids is 3. The van der Waals surface area contributed by atoms with E-state index in [0.29, 0.717) is 12.4 Å². The molecule has 0 spiro atoms. The van der Waals surface area contributed by atoms with Crippen molar-refractivity contribution in [2.75, 3.05) is 25.0 Å². The largest absolute Gasteiger partial charge is 0.466 e. The fourth-order valence-corrected chi connectivity index (χ4v) is 3.47. The van der Waals surface area contributed by atoms with Crippen LogP contribution in [0.15, 0.2) is 30.3 Å². The van der Waals surface area contributed by atoms with E-state index >= 15 is 0 Å². The quantitative estimate of drug-likeness (QED) is 0.524. The summed E-state index contributed by atoms with van der Waals surface area (Å²) in [6.07, 6.45) is 0.00599. The first kappa shape index (κ1) is 27.1. The predicted octanol–water partition coefficient (Wildman–Crippen LogP) is 4.24. The minimum atomic E-state index is -0.415. The number of rotatable bonds is 10. The van der Waals surface area contributed by atoms with Crippen molar-refractivity contribution in [3.8, 4) is 5.69 Å². The van der Waals surface area contributed by atoms with E-state index in [4.69, 9.17) is 9.84 Å². The molecule has 0 aliphatic carbocycles. The summed E-state index contributed by atoms with van der Waals surface area (Å²) >= 11 is 0. The number of nitrogens with zero attached hydrogens (tertiary/aromatic N) is 3. The van der Waals surface area contributed by atoms with Crippen LogP contribution >= 0.6 is 0 Å². The Morgan fingerprint density at radius 3 is 2.41 bits per heavy atom. The number of amides is 2. The zero-order chi connectivity index (χ0) is 25.5. The molecule has 1 N–H and O–H groups in total. The number of aromatic nitrogens is 2. The molecule has 0 fully saturated rings. The van der Waals surface area contributed by atoms with Gasteiger partial charge in [-0.25, -0.2) is 4.68 Å². The van der Waals surface area contributed by atoms with Crippen molar-refractivity contribution in [3.05, 3.63) is 41.6 Å². The maximum Gasteiger partial charge on any atom is 0.306 e. The molecule has 2 aromatic rings. The van der Waals surface area contributed by atoms with Crippen molar-refractivity contribution in [3.63, 3.8) is 0 Å². The molecule has 34 heavy (non-hydrogen) atoms. The number of aryl methyl sites for hydroxylation is 1. The second-order valence-corrected chi connectivity index (χ2v) is 9.88. The highest BCUT2D eigenvalue weighted by Crippen LogP contribution is 2.27. The molecule has 0 radical (unpaired) electrons. The van der Waals surface area contributed by atoms with E-state index in [1.807, 2.05) is 51.1 Å². The van der Waals surface area contributed by atoms with Gasteiger partial charge < -0.3 is 15.0 Å². The number of carbonyl (C=O) groups is 3. The van der Waals surface area contributed by atoms with Gasteiger partial charge in [0.05, 0.1) is 31.0 Å². The molecule has 1 aromatic carbocycles. The molecular weight excluding hydrogens is 432 g/mol. The molecule has 2 amide bonds. The minimum Gasteiger partial charge on any atom is -0.466 e. The SMILES string of the molecule is CCOC(=O)CCC(=O)N(CC(=O)Nc1cc(C(C)(C)C)nn1-c1ccccc1C)CC(C)C. The summed E-state index contributed by atoms with van der Waals surface area (Å²) in [4.78, 5) is 39.0. The van der Waals surface area contributed by atoms with Gasteiger partial charge in [0, 0.05) is 24.4 Å². The molecule has 0 unspecified atom stereocenters. The van der Waals surface area contributed by atoms with Crippen molar-refractivity contribution in [1.82, 2.24) is 14.7 Å². The lowest BCUT2D eigenvalue weighted by atomic mass is 9.92. The average molecular weight is 471 g/mol. The number of nitrogens with one attached hydrogen (secondary N) is 1. The molecule has 0 aliphatic heterocycles. The van der Waals surface area contributed by atoms with Gasteiger partial charge in [-0.3, -0.25) is 14.4 Å². The van der Waals surface area contributed by atoms with Crippen LogP contribution in [-0.4, -0.2) is 52.2 Å². The zero-order valence-electron chi connectivity index (χ0n) is 21.5. The standard InChI is InChI=1S/C26H38N4O4/c1-8-34-25(33)14-13-24(32)29(16-18(2)3)17-23(31)27-22-15-21(26(5,6)7)28-30(22)20-12-10-9-11-19(20)4/h9-12,15,18H,8,13-14,16-17H2,1-7H3,(H,27,31). The Hall–Kier alpha value is -3.16. The summed E-state index contributed by atoms with van der Waals surface area (Å²) < 4.78 is 6.65. The predicted molar refractivity (Wildman–Crippen MR) is 133 cm³/mol. The summed E-state index contributed by atoms with van der Waals surface area (Å²) in [6, 6.07) is 9.70. The summed E-state index contributed by atoms with van der Waals surface area (Å²) in [5, 5.41) is 7.71. The topological polar surface area (TPSA) is 93.5 Å². The molecule has 0 saturated carbocycles. The van der Waals surface area contributed by atoms with Gasteiger partial charge in [-0.1, -0.05) is 52.8 Å². The second kappa shape index (κ2) is 11.8. The van der Waals surface area contributed by atoms with E-state index < -0.39 is 5.97 Å². The lowest BCUT2D eigenvalue weighted by Crippen LogP contribution is -2.40. The van der Waals surface area contributed by atoms with E-state index in [0.717, 1.165) is 16.9 Å². The summed E-state index contributed by atoms with van der Waals surface area (Å²) in [5.41, 5.74) is 2.53. The Labute approximate surface area is 202 Å². The van der Waals surface area contributed by atoms with Gasteiger partial charge in [0.15, 0.2) is 0 Å². The molecule has 0 saturated heterocycles. The van der Waals surface area contributed by atoms with E-state index in [2.05, 4.69) is 26.1 Å². The van der Waals surface area contributed by atoms with Crippen molar-refractivity contribution >= 4 is 23.6 Å². The van der Waals surface area contributed by atoms with Gasteiger partial charge in [0.25, 0.3) is 0 Å². The molecule has 8 heteroatoms. The van der Waals surface area contributed by atoms with E-state index in [9.17, 15) is 14.4 Å². The van der Waals surface area contributed by atoms with Gasteiger partial charge >= 0.3 is 5.97 Å². The van der Waals surface area contributed by atoms with Crippen LogP contribution in [0.3, 0.4) is 0 Å². The summed E-state index contributed by atoms with van der Waals surface area (Å²) in [7, 11) is 0. The lowest BCUT2D eigenvalue weighted by Gasteiger charge is -2.24. The average Bonchev–Trinajstić information content (AvgIpc) is 3.15. The Morgan fingerprint density at radius 2 is 1.82 bits per heavy atom. The highest BCUT2D eigenvalue weighted by molar-refractivity contribution is 5.94. The Bertz CT molecular complexity index is 1000. The number of esters is 1. The number of benzene rings is 1. The van der Waals surface area contributed by atoms with Crippen molar-refractivity contribution in [2.24, 2.45) is 5.92 Å². The zero-order valence-corrected chi connectivity index (χ0v) is 21.5. The number of hydrogen-bond acceptors (Lipinski definition) is 5. The fourth-order valence-electron chi connectivity index (χ4n) is 3.47. The Morgan fingerprint density at radius 1 is 1.15 bits per heavy atom. The maximum absolute atomic E-state index is 13.0. The third-order valence-electron chi connectivity index (χ3n) is 5.21. The van der Waals surface area contributed by atoms with Crippen molar-refractivity contribution in [1.29, 1.82) is 0 Å². The molecule has 1 aromatic heterocycles. The van der Waals surface area contributed by atoms with Crippen LogP contribution in [0.5, 0.6) is 0 Å². The van der Waals surface area contributed by atoms with E-state index in [-0.39, 0.29) is 49.1 Å². The number of anilines is 1. The van der Waals surface area contributed by atoms with Crippen LogP contribution in [0.1, 0.15) is 65.6 Å². The van der Waals surface area contributed by atoms with E-state index in [1.165, 1.54) is 4.90 Å². The third kappa shape index (κ3) is 7.71. The van der Waals surface area contributed by atoms with Crippen LogP contribution < -0.4 is 5.32 Å². The molecular formula is C26H38N4O4. The first-order chi connectivity index (χ1) is 15.9. The van der Waals surface area contributed by atoms with Crippen LogP contribution in [0.4, 0.5) is 5.82 Å². The van der Waals surface area contributed by atoms with E-state index in [1.54, 1.807) is 11.6 Å². The molecule has 2 rings (SSSR count). The number of para-hydroxylation sites is 1. The minimum absolute atomic E-state index is 0.00210. The van der Waals surface area contributed by atoms with Gasteiger partial charge in [-0.2, -0.15) is 5.10 Å². The smallest absolute Gasteiger partial charge is 0.306 e.